The minimum atomic E-state index is 0.538. The third kappa shape index (κ3) is 3.75. The fourth-order valence-electron chi connectivity index (χ4n) is 3.66. The van der Waals surface area contributed by atoms with Crippen molar-refractivity contribution in [3.05, 3.63) is 47.5 Å². The van der Waals surface area contributed by atoms with E-state index in [1.54, 1.807) is 5.57 Å². The highest BCUT2D eigenvalue weighted by molar-refractivity contribution is 5.20. The van der Waals surface area contributed by atoms with E-state index in [4.69, 9.17) is 0 Å². The molecule has 1 heterocycles. The number of hydrogen-bond donors (Lipinski definition) is 1. The molecule has 0 saturated carbocycles. The Morgan fingerprint density at radius 1 is 1.24 bits per heavy atom. The maximum absolute atomic E-state index is 3.72. The summed E-state index contributed by atoms with van der Waals surface area (Å²) in [6.07, 6.45) is 8.96. The molecule has 3 rings (SSSR count). The molecule has 1 saturated heterocycles. The minimum Gasteiger partial charge on any atom is -0.311 e. The van der Waals surface area contributed by atoms with E-state index in [1.165, 1.54) is 50.8 Å². The van der Waals surface area contributed by atoms with E-state index >= 15 is 0 Å². The van der Waals surface area contributed by atoms with E-state index < -0.39 is 0 Å². The van der Waals surface area contributed by atoms with Crippen LogP contribution in [-0.4, -0.2) is 30.6 Å². The molecule has 0 aromatic heterocycles. The number of piperazine rings is 1. The van der Waals surface area contributed by atoms with Gasteiger partial charge in [-0.1, -0.05) is 48.9 Å². The summed E-state index contributed by atoms with van der Waals surface area (Å²) < 4.78 is 0. The first kappa shape index (κ1) is 14.8. The summed E-state index contributed by atoms with van der Waals surface area (Å²) in [5.41, 5.74) is 3.15. The first-order valence-corrected chi connectivity index (χ1v) is 8.57. The molecule has 0 amide bonds. The summed E-state index contributed by atoms with van der Waals surface area (Å²) in [6, 6.07) is 12.2. The van der Waals surface area contributed by atoms with Crippen LogP contribution in [0.5, 0.6) is 0 Å². The number of hydrogen-bond acceptors (Lipinski definition) is 2. The standard InChI is InChI=1S/C19H28N2/c1-2-18-15-21(13-12-16-8-6-7-9-16)19(14-20-18)17-10-4-3-5-11-17/h3-5,8,10-11,18-20H,2,6-7,9,12-15H2,1H3. The third-order valence-corrected chi connectivity index (χ3v) is 5.03. The van der Waals surface area contributed by atoms with Gasteiger partial charge in [-0.3, -0.25) is 4.90 Å². The lowest BCUT2D eigenvalue weighted by Gasteiger charge is -2.40. The fourth-order valence-corrected chi connectivity index (χ4v) is 3.66. The van der Waals surface area contributed by atoms with Crippen LogP contribution in [0, 0.1) is 0 Å². The lowest BCUT2D eigenvalue weighted by Crippen LogP contribution is -2.52. The van der Waals surface area contributed by atoms with Gasteiger partial charge >= 0.3 is 0 Å². The van der Waals surface area contributed by atoms with E-state index in [9.17, 15) is 0 Å². The predicted molar refractivity (Wildman–Crippen MR) is 89.4 cm³/mol. The molecule has 1 aromatic carbocycles. The van der Waals surface area contributed by atoms with Gasteiger partial charge in [0.1, 0.15) is 0 Å². The van der Waals surface area contributed by atoms with Gasteiger partial charge in [-0.15, -0.1) is 0 Å². The fraction of sp³-hybridized carbons (Fsp3) is 0.579. The largest absolute Gasteiger partial charge is 0.311 e. The zero-order valence-corrected chi connectivity index (χ0v) is 13.2. The first-order valence-electron chi connectivity index (χ1n) is 8.57. The van der Waals surface area contributed by atoms with Gasteiger partial charge in [0, 0.05) is 31.7 Å². The quantitative estimate of drug-likeness (QED) is 0.825. The molecule has 2 heteroatoms. The smallest absolute Gasteiger partial charge is 0.0473 e. The maximum Gasteiger partial charge on any atom is 0.0473 e. The molecule has 1 N–H and O–H groups in total. The van der Waals surface area contributed by atoms with E-state index in [1.807, 2.05) is 0 Å². The normalized spacial score (nSPS) is 26.8. The van der Waals surface area contributed by atoms with Gasteiger partial charge in [0.15, 0.2) is 0 Å². The lowest BCUT2D eigenvalue weighted by atomic mass is 9.99. The molecule has 2 nitrogen and oxygen atoms in total. The molecule has 0 radical (unpaired) electrons. The highest BCUT2D eigenvalue weighted by Gasteiger charge is 2.27. The predicted octanol–water partition coefficient (Wildman–Crippen LogP) is 3.91. The van der Waals surface area contributed by atoms with Crippen LogP contribution in [-0.2, 0) is 0 Å². The van der Waals surface area contributed by atoms with Crippen molar-refractivity contribution in [3.63, 3.8) is 0 Å². The monoisotopic (exact) mass is 284 g/mol. The van der Waals surface area contributed by atoms with Gasteiger partial charge in [-0.2, -0.15) is 0 Å². The molecule has 2 unspecified atom stereocenters. The molecule has 114 valence electrons. The van der Waals surface area contributed by atoms with Crippen molar-refractivity contribution < 1.29 is 0 Å². The van der Waals surface area contributed by atoms with E-state index in [-0.39, 0.29) is 0 Å². The number of nitrogens with zero attached hydrogens (tertiary/aromatic N) is 1. The number of rotatable bonds is 5. The summed E-state index contributed by atoms with van der Waals surface area (Å²) in [6.45, 7) is 5.77. The summed E-state index contributed by atoms with van der Waals surface area (Å²) in [5, 5.41) is 3.72. The van der Waals surface area contributed by atoms with Crippen LogP contribution in [0.15, 0.2) is 42.0 Å². The van der Waals surface area contributed by atoms with Crippen molar-refractivity contribution in [2.24, 2.45) is 0 Å². The molecule has 21 heavy (non-hydrogen) atoms. The zero-order chi connectivity index (χ0) is 14.5. The van der Waals surface area contributed by atoms with Crippen LogP contribution in [0.4, 0.5) is 0 Å². The third-order valence-electron chi connectivity index (χ3n) is 5.03. The van der Waals surface area contributed by atoms with Crippen molar-refractivity contribution in [3.8, 4) is 0 Å². The minimum absolute atomic E-state index is 0.538. The van der Waals surface area contributed by atoms with Crippen molar-refractivity contribution in [2.45, 2.75) is 51.1 Å². The Balaban J connectivity index is 1.67. The average molecular weight is 284 g/mol. The molecule has 0 bridgehead atoms. The summed E-state index contributed by atoms with van der Waals surface area (Å²) in [4.78, 5) is 2.71. The van der Waals surface area contributed by atoms with Crippen LogP contribution in [0.3, 0.4) is 0 Å². The second-order valence-corrected chi connectivity index (χ2v) is 6.44. The second kappa shape index (κ2) is 7.24. The molecule has 2 atom stereocenters. The zero-order valence-electron chi connectivity index (χ0n) is 13.2. The highest BCUT2D eigenvalue weighted by atomic mass is 15.2. The lowest BCUT2D eigenvalue weighted by molar-refractivity contribution is 0.130. The molecular weight excluding hydrogens is 256 g/mol. The molecule has 2 aliphatic rings. The Morgan fingerprint density at radius 3 is 2.81 bits per heavy atom. The van der Waals surface area contributed by atoms with Gasteiger partial charge in [-0.05, 0) is 37.7 Å². The Kier molecular flexibility index (Phi) is 5.10. The molecule has 0 spiro atoms. The van der Waals surface area contributed by atoms with Crippen molar-refractivity contribution in [1.29, 1.82) is 0 Å². The maximum atomic E-state index is 3.72. The molecule has 1 aromatic rings. The van der Waals surface area contributed by atoms with Gasteiger partial charge in [-0.25, -0.2) is 0 Å². The van der Waals surface area contributed by atoms with E-state index in [0.29, 0.717) is 12.1 Å². The van der Waals surface area contributed by atoms with Gasteiger partial charge in [0.2, 0.25) is 0 Å². The van der Waals surface area contributed by atoms with Crippen LogP contribution in [0.2, 0.25) is 0 Å². The van der Waals surface area contributed by atoms with Crippen LogP contribution >= 0.6 is 0 Å². The van der Waals surface area contributed by atoms with E-state index in [0.717, 1.165) is 6.54 Å². The number of benzene rings is 1. The molecule has 1 aliphatic heterocycles. The van der Waals surface area contributed by atoms with Crippen LogP contribution in [0.1, 0.15) is 50.6 Å². The summed E-state index contributed by atoms with van der Waals surface area (Å²) >= 11 is 0. The Labute approximate surface area is 129 Å². The Bertz CT molecular complexity index is 466. The van der Waals surface area contributed by atoms with Crippen molar-refractivity contribution in [2.75, 3.05) is 19.6 Å². The topological polar surface area (TPSA) is 15.3 Å². The van der Waals surface area contributed by atoms with Crippen molar-refractivity contribution in [1.82, 2.24) is 10.2 Å². The molecule has 1 fully saturated rings. The van der Waals surface area contributed by atoms with Crippen LogP contribution < -0.4 is 5.32 Å². The first-order chi connectivity index (χ1) is 10.4. The Morgan fingerprint density at radius 2 is 2.10 bits per heavy atom. The average Bonchev–Trinajstić information content (AvgIpc) is 3.07. The SMILES string of the molecule is CCC1CN(CCC2=CCCC2)C(c2ccccc2)CN1. The number of allylic oxidation sites excluding steroid dienone is 1. The summed E-state index contributed by atoms with van der Waals surface area (Å²) in [5.74, 6) is 0. The van der Waals surface area contributed by atoms with Gasteiger partial charge < -0.3 is 5.32 Å². The Hall–Kier alpha value is -1.12. The van der Waals surface area contributed by atoms with Crippen LogP contribution in [0.25, 0.3) is 0 Å². The van der Waals surface area contributed by atoms with E-state index in [2.05, 4.69) is 53.5 Å². The number of nitrogens with one attached hydrogen (secondary N) is 1. The molecular formula is C19H28N2. The highest BCUT2D eigenvalue weighted by Crippen LogP contribution is 2.27. The van der Waals surface area contributed by atoms with Crippen molar-refractivity contribution >= 4 is 0 Å². The summed E-state index contributed by atoms with van der Waals surface area (Å²) in [7, 11) is 0. The van der Waals surface area contributed by atoms with Gasteiger partial charge in [0.05, 0.1) is 0 Å². The second-order valence-electron chi connectivity index (χ2n) is 6.44. The molecule has 1 aliphatic carbocycles. The van der Waals surface area contributed by atoms with Gasteiger partial charge in [0.25, 0.3) is 0 Å².